The lowest BCUT2D eigenvalue weighted by atomic mass is 9.97. The molecule has 1 unspecified atom stereocenters. The molecule has 2 aromatic rings. The van der Waals surface area contributed by atoms with E-state index in [4.69, 9.17) is 11.6 Å². The van der Waals surface area contributed by atoms with Crippen molar-refractivity contribution in [1.82, 2.24) is 15.5 Å². The molecule has 0 bridgehead atoms. The Balaban J connectivity index is 2.35. The van der Waals surface area contributed by atoms with Gasteiger partial charge in [0.25, 0.3) is 0 Å². The van der Waals surface area contributed by atoms with Crippen LogP contribution >= 0.6 is 11.6 Å². The number of aromatic nitrogens is 2. The standard InChI is InChI=1S/C16H19ClFN3/c1-4-19-15(13-8-10(2)20-21-11(13)3)9-12-6-5-7-14(17)16(12)18/h5-8,15,19H,4,9H2,1-3H3. The Kier molecular flexibility index (Phi) is 5.26. The van der Waals surface area contributed by atoms with E-state index in [0.29, 0.717) is 12.0 Å². The van der Waals surface area contributed by atoms with Gasteiger partial charge in [0.2, 0.25) is 0 Å². The van der Waals surface area contributed by atoms with E-state index < -0.39 is 0 Å². The Morgan fingerprint density at radius 2 is 2.05 bits per heavy atom. The van der Waals surface area contributed by atoms with Crippen molar-refractivity contribution in [2.24, 2.45) is 0 Å². The number of aryl methyl sites for hydroxylation is 2. The predicted octanol–water partition coefficient (Wildman–Crippen LogP) is 3.78. The molecule has 1 N–H and O–H groups in total. The molecule has 0 saturated carbocycles. The van der Waals surface area contributed by atoms with Crippen LogP contribution in [0.15, 0.2) is 24.3 Å². The third-order valence-electron chi connectivity index (χ3n) is 3.42. The van der Waals surface area contributed by atoms with Crippen LogP contribution in [0.25, 0.3) is 0 Å². The van der Waals surface area contributed by atoms with Gasteiger partial charge in [-0.2, -0.15) is 10.2 Å². The minimum absolute atomic E-state index is 0.0165. The molecule has 0 spiro atoms. The predicted molar refractivity (Wildman–Crippen MR) is 83.0 cm³/mol. The molecule has 2 rings (SSSR count). The van der Waals surface area contributed by atoms with Crippen LogP contribution in [0, 0.1) is 19.7 Å². The molecule has 0 radical (unpaired) electrons. The average molecular weight is 308 g/mol. The fourth-order valence-corrected chi connectivity index (χ4v) is 2.58. The maximum absolute atomic E-state index is 14.1. The highest BCUT2D eigenvalue weighted by Crippen LogP contribution is 2.25. The van der Waals surface area contributed by atoms with Gasteiger partial charge in [0.1, 0.15) is 5.82 Å². The number of benzene rings is 1. The van der Waals surface area contributed by atoms with E-state index in [0.717, 1.165) is 23.5 Å². The van der Waals surface area contributed by atoms with E-state index >= 15 is 0 Å². The van der Waals surface area contributed by atoms with Gasteiger partial charge in [-0.3, -0.25) is 0 Å². The number of rotatable bonds is 5. The molecule has 3 nitrogen and oxygen atoms in total. The first-order chi connectivity index (χ1) is 10.0. The second-order valence-electron chi connectivity index (χ2n) is 5.05. The Bertz CT molecular complexity index is 631. The Hall–Kier alpha value is -1.52. The summed E-state index contributed by atoms with van der Waals surface area (Å²) in [6.07, 6.45) is 0.520. The highest BCUT2D eigenvalue weighted by atomic mass is 35.5. The summed E-state index contributed by atoms with van der Waals surface area (Å²) < 4.78 is 14.1. The maximum Gasteiger partial charge on any atom is 0.145 e. The number of likely N-dealkylation sites (N-methyl/N-ethyl adjacent to an activating group) is 1. The molecular weight excluding hydrogens is 289 g/mol. The Morgan fingerprint density at radius 3 is 2.76 bits per heavy atom. The van der Waals surface area contributed by atoms with Gasteiger partial charge in [0.05, 0.1) is 16.4 Å². The van der Waals surface area contributed by atoms with Crippen molar-refractivity contribution in [3.63, 3.8) is 0 Å². The second-order valence-corrected chi connectivity index (χ2v) is 5.46. The number of hydrogen-bond donors (Lipinski definition) is 1. The molecule has 0 aliphatic carbocycles. The van der Waals surface area contributed by atoms with Crippen LogP contribution in [0.5, 0.6) is 0 Å². The van der Waals surface area contributed by atoms with Gasteiger partial charge in [-0.25, -0.2) is 4.39 Å². The molecule has 0 saturated heterocycles. The summed E-state index contributed by atoms with van der Waals surface area (Å²) in [4.78, 5) is 0. The van der Waals surface area contributed by atoms with Crippen molar-refractivity contribution in [3.8, 4) is 0 Å². The highest BCUT2D eigenvalue weighted by Gasteiger charge is 2.18. The van der Waals surface area contributed by atoms with Gasteiger partial charge >= 0.3 is 0 Å². The first-order valence-corrected chi connectivity index (χ1v) is 7.37. The van der Waals surface area contributed by atoms with E-state index in [1.165, 1.54) is 0 Å². The number of nitrogens with one attached hydrogen (secondary N) is 1. The normalized spacial score (nSPS) is 12.4. The molecule has 21 heavy (non-hydrogen) atoms. The summed E-state index contributed by atoms with van der Waals surface area (Å²) in [5, 5.41) is 11.7. The molecule has 0 aliphatic heterocycles. The summed E-state index contributed by atoms with van der Waals surface area (Å²) >= 11 is 5.86. The monoisotopic (exact) mass is 307 g/mol. The van der Waals surface area contributed by atoms with Crippen molar-refractivity contribution in [2.45, 2.75) is 33.2 Å². The minimum Gasteiger partial charge on any atom is -0.310 e. The zero-order valence-electron chi connectivity index (χ0n) is 12.5. The molecule has 1 heterocycles. The summed E-state index contributed by atoms with van der Waals surface area (Å²) in [7, 11) is 0. The Morgan fingerprint density at radius 1 is 1.29 bits per heavy atom. The van der Waals surface area contributed by atoms with E-state index in [1.807, 2.05) is 26.8 Å². The van der Waals surface area contributed by atoms with Crippen LogP contribution in [-0.4, -0.2) is 16.7 Å². The third-order valence-corrected chi connectivity index (χ3v) is 3.71. The van der Waals surface area contributed by atoms with E-state index in [9.17, 15) is 4.39 Å². The van der Waals surface area contributed by atoms with Crippen molar-refractivity contribution in [3.05, 3.63) is 57.6 Å². The molecule has 0 amide bonds. The summed E-state index contributed by atoms with van der Waals surface area (Å²) in [6.45, 7) is 6.63. The number of halogens is 2. The average Bonchev–Trinajstić information content (AvgIpc) is 2.46. The topological polar surface area (TPSA) is 37.8 Å². The van der Waals surface area contributed by atoms with Gasteiger partial charge < -0.3 is 5.32 Å². The minimum atomic E-state index is -0.349. The molecular formula is C16H19ClFN3. The first-order valence-electron chi connectivity index (χ1n) is 7.00. The Labute approximate surface area is 129 Å². The lowest BCUT2D eigenvalue weighted by Gasteiger charge is -2.20. The van der Waals surface area contributed by atoms with Crippen molar-refractivity contribution in [1.29, 1.82) is 0 Å². The van der Waals surface area contributed by atoms with Crippen LogP contribution in [0.1, 0.15) is 35.5 Å². The van der Waals surface area contributed by atoms with Crippen LogP contribution < -0.4 is 5.32 Å². The van der Waals surface area contributed by atoms with E-state index in [1.54, 1.807) is 18.2 Å². The second kappa shape index (κ2) is 6.96. The molecule has 0 aliphatic rings. The van der Waals surface area contributed by atoms with Gasteiger partial charge in [0, 0.05) is 6.04 Å². The SMILES string of the molecule is CCNC(Cc1cccc(Cl)c1F)c1cc(C)nnc1C. The van der Waals surface area contributed by atoms with Gasteiger partial charge in [-0.1, -0.05) is 30.7 Å². The fraction of sp³-hybridized carbons (Fsp3) is 0.375. The van der Waals surface area contributed by atoms with Gasteiger partial charge in [-0.05, 0) is 50.1 Å². The highest BCUT2D eigenvalue weighted by molar-refractivity contribution is 6.30. The van der Waals surface area contributed by atoms with Crippen molar-refractivity contribution in [2.75, 3.05) is 6.54 Å². The smallest absolute Gasteiger partial charge is 0.145 e. The fourth-order valence-electron chi connectivity index (χ4n) is 2.39. The van der Waals surface area contributed by atoms with Crippen LogP contribution in [0.2, 0.25) is 5.02 Å². The quantitative estimate of drug-likeness (QED) is 0.913. The van der Waals surface area contributed by atoms with E-state index in [2.05, 4.69) is 15.5 Å². The molecule has 0 fully saturated rings. The largest absolute Gasteiger partial charge is 0.310 e. The van der Waals surface area contributed by atoms with Gasteiger partial charge in [-0.15, -0.1) is 0 Å². The van der Waals surface area contributed by atoms with Crippen LogP contribution in [0.4, 0.5) is 4.39 Å². The van der Waals surface area contributed by atoms with Crippen molar-refractivity contribution >= 4 is 11.6 Å². The van der Waals surface area contributed by atoms with Crippen LogP contribution in [0.3, 0.4) is 0 Å². The van der Waals surface area contributed by atoms with Crippen LogP contribution in [-0.2, 0) is 6.42 Å². The molecule has 1 aromatic carbocycles. The van der Waals surface area contributed by atoms with Crippen molar-refractivity contribution < 1.29 is 4.39 Å². The number of nitrogens with zero attached hydrogens (tertiary/aromatic N) is 2. The molecule has 112 valence electrons. The lowest BCUT2D eigenvalue weighted by Crippen LogP contribution is -2.25. The molecule has 5 heteroatoms. The number of hydrogen-bond acceptors (Lipinski definition) is 3. The van der Waals surface area contributed by atoms with Gasteiger partial charge in [0.15, 0.2) is 0 Å². The van der Waals surface area contributed by atoms with E-state index in [-0.39, 0.29) is 16.9 Å². The maximum atomic E-state index is 14.1. The zero-order valence-corrected chi connectivity index (χ0v) is 13.2. The first kappa shape index (κ1) is 15.9. The molecule has 1 atom stereocenters. The lowest BCUT2D eigenvalue weighted by molar-refractivity contribution is 0.522. The third kappa shape index (κ3) is 3.77. The molecule has 1 aromatic heterocycles. The summed E-state index contributed by atoms with van der Waals surface area (Å²) in [5.41, 5.74) is 3.35. The summed E-state index contributed by atoms with van der Waals surface area (Å²) in [6, 6.07) is 7.08. The zero-order chi connectivity index (χ0) is 15.4. The summed E-state index contributed by atoms with van der Waals surface area (Å²) in [5.74, 6) is -0.349.